The van der Waals surface area contributed by atoms with Gasteiger partial charge in [0.15, 0.2) is 6.61 Å². The summed E-state index contributed by atoms with van der Waals surface area (Å²) in [5.74, 6) is 1.99. The van der Waals surface area contributed by atoms with E-state index in [9.17, 15) is 4.79 Å². The van der Waals surface area contributed by atoms with Crippen molar-refractivity contribution in [1.29, 1.82) is 0 Å². The quantitative estimate of drug-likeness (QED) is 0.747. The second kappa shape index (κ2) is 7.49. The van der Waals surface area contributed by atoms with E-state index in [4.69, 9.17) is 14.0 Å². The molecular formula is C20H19N3O4. The molecule has 2 heterocycles. The summed E-state index contributed by atoms with van der Waals surface area (Å²) in [5.41, 5.74) is 1.44. The molecule has 0 spiro atoms. The van der Waals surface area contributed by atoms with E-state index in [-0.39, 0.29) is 18.6 Å². The number of aromatic nitrogens is 2. The zero-order chi connectivity index (χ0) is 18.6. The first-order valence-corrected chi connectivity index (χ1v) is 8.74. The van der Waals surface area contributed by atoms with Gasteiger partial charge in [-0.2, -0.15) is 4.98 Å². The molecule has 1 N–H and O–H groups in total. The van der Waals surface area contributed by atoms with Crippen LogP contribution < -0.4 is 14.8 Å². The Morgan fingerprint density at radius 3 is 2.89 bits per heavy atom. The van der Waals surface area contributed by atoms with Gasteiger partial charge in [-0.25, -0.2) is 0 Å². The first kappa shape index (κ1) is 17.1. The van der Waals surface area contributed by atoms with Crippen molar-refractivity contribution in [3.63, 3.8) is 0 Å². The highest BCUT2D eigenvalue weighted by Crippen LogP contribution is 2.32. The number of fused-ring (bicyclic) bond motifs is 1. The summed E-state index contributed by atoms with van der Waals surface area (Å²) < 4.78 is 16.3. The minimum absolute atomic E-state index is 0.102. The lowest BCUT2D eigenvalue weighted by Crippen LogP contribution is -2.32. The van der Waals surface area contributed by atoms with E-state index in [1.165, 1.54) is 0 Å². The van der Waals surface area contributed by atoms with Crippen LogP contribution in [-0.2, 0) is 6.61 Å². The smallest absolute Gasteiger partial charge is 0.255 e. The van der Waals surface area contributed by atoms with E-state index < -0.39 is 0 Å². The molecule has 1 atom stereocenters. The van der Waals surface area contributed by atoms with Gasteiger partial charge in [0.1, 0.15) is 11.5 Å². The fourth-order valence-electron chi connectivity index (χ4n) is 3.05. The van der Waals surface area contributed by atoms with Crippen molar-refractivity contribution in [2.45, 2.75) is 26.0 Å². The average molecular weight is 365 g/mol. The molecule has 0 saturated carbocycles. The molecular weight excluding hydrogens is 346 g/mol. The number of carbonyl (C=O) groups is 1. The zero-order valence-corrected chi connectivity index (χ0v) is 14.8. The third kappa shape index (κ3) is 3.76. The summed E-state index contributed by atoms with van der Waals surface area (Å²) >= 11 is 0. The van der Waals surface area contributed by atoms with E-state index in [0.717, 1.165) is 11.3 Å². The van der Waals surface area contributed by atoms with Gasteiger partial charge in [0.05, 0.1) is 18.2 Å². The molecule has 7 nitrogen and oxygen atoms in total. The third-order valence-electron chi connectivity index (χ3n) is 4.32. The van der Waals surface area contributed by atoms with E-state index in [2.05, 4.69) is 15.5 Å². The number of amides is 1. The molecule has 1 amide bonds. The first-order valence-electron chi connectivity index (χ1n) is 8.74. The van der Waals surface area contributed by atoms with Gasteiger partial charge in [0.25, 0.3) is 5.91 Å². The number of ether oxygens (including phenoxy) is 2. The van der Waals surface area contributed by atoms with Gasteiger partial charge in [-0.05, 0) is 18.2 Å². The van der Waals surface area contributed by atoms with Gasteiger partial charge >= 0.3 is 0 Å². The molecule has 1 aromatic heterocycles. The van der Waals surface area contributed by atoms with Crippen molar-refractivity contribution < 1.29 is 18.8 Å². The average Bonchev–Trinajstić information content (AvgIpc) is 3.12. The van der Waals surface area contributed by atoms with Crippen LogP contribution in [0.5, 0.6) is 11.5 Å². The molecule has 27 heavy (non-hydrogen) atoms. The molecule has 7 heteroatoms. The Labute approximate surface area is 156 Å². The highest BCUT2D eigenvalue weighted by molar-refractivity contribution is 5.97. The Balaban J connectivity index is 1.49. The Morgan fingerprint density at radius 2 is 2.04 bits per heavy atom. The number of benzene rings is 2. The normalized spacial score (nSPS) is 15.5. The summed E-state index contributed by atoms with van der Waals surface area (Å²) in [6.07, 6.45) is 0.716. The van der Waals surface area contributed by atoms with Crippen molar-refractivity contribution in [2.75, 3.05) is 6.61 Å². The fraction of sp³-hybridized carbons (Fsp3) is 0.250. The van der Waals surface area contributed by atoms with Gasteiger partial charge in [0.2, 0.25) is 11.7 Å². The number of nitrogens with zero attached hydrogens (tertiary/aromatic N) is 2. The van der Waals surface area contributed by atoms with Gasteiger partial charge in [-0.3, -0.25) is 4.79 Å². The number of hydrogen-bond donors (Lipinski definition) is 1. The van der Waals surface area contributed by atoms with Crippen molar-refractivity contribution in [3.8, 4) is 11.5 Å². The number of para-hydroxylation sites is 2. The van der Waals surface area contributed by atoms with E-state index >= 15 is 0 Å². The molecule has 0 fully saturated rings. The Hall–Kier alpha value is -3.35. The van der Waals surface area contributed by atoms with Crippen molar-refractivity contribution in [1.82, 2.24) is 15.5 Å². The minimum atomic E-state index is -0.198. The van der Waals surface area contributed by atoms with Crippen molar-refractivity contribution >= 4 is 5.91 Å². The Kier molecular flexibility index (Phi) is 4.74. The lowest BCUT2D eigenvalue weighted by molar-refractivity contribution is 0.0920. The number of hydrogen-bond acceptors (Lipinski definition) is 6. The van der Waals surface area contributed by atoms with Crippen LogP contribution >= 0.6 is 0 Å². The van der Waals surface area contributed by atoms with Crippen LogP contribution in [0.2, 0.25) is 0 Å². The van der Waals surface area contributed by atoms with Crippen LogP contribution in [0.25, 0.3) is 0 Å². The van der Waals surface area contributed by atoms with Crippen LogP contribution in [0.1, 0.15) is 40.1 Å². The molecule has 1 aliphatic rings. The molecule has 4 rings (SSSR count). The first-order chi connectivity index (χ1) is 13.2. The summed E-state index contributed by atoms with van der Waals surface area (Å²) in [6.45, 7) is 2.41. The van der Waals surface area contributed by atoms with Gasteiger partial charge < -0.3 is 19.3 Å². The number of rotatable bonds is 5. The molecule has 0 aliphatic carbocycles. The predicted molar refractivity (Wildman–Crippen MR) is 96.6 cm³/mol. The second-order valence-corrected chi connectivity index (χ2v) is 6.22. The topological polar surface area (TPSA) is 86.5 Å². The minimum Gasteiger partial charge on any atom is -0.493 e. The summed E-state index contributed by atoms with van der Waals surface area (Å²) in [5, 5.41) is 6.88. The van der Waals surface area contributed by atoms with Crippen LogP contribution in [0.4, 0.5) is 0 Å². The predicted octanol–water partition coefficient (Wildman–Crippen LogP) is 3.21. The fourth-order valence-corrected chi connectivity index (χ4v) is 3.05. The Bertz CT molecular complexity index is 954. The van der Waals surface area contributed by atoms with Crippen LogP contribution in [-0.4, -0.2) is 22.7 Å². The molecule has 2 aromatic carbocycles. The molecule has 3 aromatic rings. The maximum Gasteiger partial charge on any atom is 0.255 e. The third-order valence-corrected chi connectivity index (χ3v) is 4.32. The summed E-state index contributed by atoms with van der Waals surface area (Å²) in [6, 6.07) is 14.8. The van der Waals surface area contributed by atoms with E-state index in [1.807, 2.05) is 30.3 Å². The van der Waals surface area contributed by atoms with E-state index in [1.54, 1.807) is 25.1 Å². The lowest BCUT2D eigenvalue weighted by atomic mass is 10.00. The van der Waals surface area contributed by atoms with Gasteiger partial charge in [-0.15, -0.1) is 0 Å². The molecule has 0 bridgehead atoms. The van der Waals surface area contributed by atoms with Gasteiger partial charge in [-0.1, -0.05) is 35.5 Å². The zero-order valence-electron chi connectivity index (χ0n) is 14.8. The maximum atomic E-state index is 12.9. The standard InChI is InChI=1S/C20H19N3O4/c1-13-21-19(23-27-13)12-26-18-9-5-3-7-15(18)20(24)22-16-10-11-25-17-8-4-2-6-14(16)17/h2-9,16H,10-12H2,1H3,(H,22,24)/t16-/m0/s1. The van der Waals surface area contributed by atoms with Crippen LogP contribution in [0.15, 0.2) is 53.1 Å². The number of nitrogens with one attached hydrogen (secondary N) is 1. The van der Waals surface area contributed by atoms with Crippen molar-refractivity contribution in [2.24, 2.45) is 0 Å². The van der Waals surface area contributed by atoms with Crippen LogP contribution in [0.3, 0.4) is 0 Å². The number of aryl methyl sites for hydroxylation is 1. The highest BCUT2D eigenvalue weighted by atomic mass is 16.5. The monoisotopic (exact) mass is 365 g/mol. The van der Waals surface area contributed by atoms with Crippen molar-refractivity contribution in [3.05, 3.63) is 71.4 Å². The molecule has 0 unspecified atom stereocenters. The van der Waals surface area contributed by atoms with Gasteiger partial charge in [0, 0.05) is 18.9 Å². The lowest BCUT2D eigenvalue weighted by Gasteiger charge is -2.26. The largest absolute Gasteiger partial charge is 0.493 e. The summed E-state index contributed by atoms with van der Waals surface area (Å²) in [7, 11) is 0. The maximum absolute atomic E-state index is 12.9. The second-order valence-electron chi connectivity index (χ2n) is 6.22. The summed E-state index contributed by atoms with van der Waals surface area (Å²) in [4.78, 5) is 17.0. The number of carbonyl (C=O) groups excluding carboxylic acids is 1. The van der Waals surface area contributed by atoms with E-state index in [0.29, 0.717) is 36.1 Å². The molecule has 1 aliphatic heterocycles. The molecule has 0 saturated heterocycles. The molecule has 138 valence electrons. The highest BCUT2D eigenvalue weighted by Gasteiger charge is 2.24. The Morgan fingerprint density at radius 1 is 1.22 bits per heavy atom. The molecule has 0 radical (unpaired) electrons. The van der Waals surface area contributed by atoms with Crippen LogP contribution in [0, 0.1) is 6.92 Å². The SMILES string of the molecule is Cc1nc(COc2ccccc2C(=O)N[C@H]2CCOc3ccccc32)no1.